The number of nitrogens with one attached hydrogen (secondary N) is 1. The lowest BCUT2D eigenvalue weighted by molar-refractivity contribution is 0.474. The molecule has 0 aliphatic heterocycles. The average Bonchev–Trinajstić information content (AvgIpc) is 2.75. The van der Waals surface area contributed by atoms with Gasteiger partial charge in [-0.1, -0.05) is 25.1 Å². The summed E-state index contributed by atoms with van der Waals surface area (Å²) in [5, 5.41) is 0.619. The molecular formula is C13H17N3O2S. The smallest absolute Gasteiger partial charge is 0.251 e. The fourth-order valence-electron chi connectivity index (χ4n) is 1.70. The average molecular weight is 279 g/mol. The van der Waals surface area contributed by atoms with Gasteiger partial charge >= 0.3 is 0 Å². The summed E-state index contributed by atoms with van der Waals surface area (Å²) in [5.41, 5.74) is 0.710. The van der Waals surface area contributed by atoms with Gasteiger partial charge in [-0.2, -0.15) is 0 Å². The first-order chi connectivity index (χ1) is 9.08. The van der Waals surface area contributed by atoms with Crippen molar-refractivity contribution in [2.75, 3.05) is 0 Å². The first-order valence-corrected chi connectivity index (χ1v) is 7.15. The van der Waals surface area contributed by atoms with Crippen molar-refractivity contribution in [3.8, 4) is 0 Å². The molecule has 2 rings (SSSR count). The summed E-state index contributed by atoms with van der Waals surface area (Å²) < 4.78 is 5.47. The molecule has 0 spiro atoms. The predicted octanol–water partition coefficient (Wildman–Crippen LogP) is 2.87. The van der Waals surface area contributed by atoms with Crippen LogP contribution in [0, 0.1) is 6.92 Å². The Morgan fingerprint density at radius 1 is 1.53 bits per heavy atom. The lowest BCUT2D eigenvalue weighted by atomic mass is 10.2. The van der Waals surface area contributed by atoms with Crippen LogP contribution >= 0.6 is 11.8 Å². The van der Waals surface area contributed by atoms with Crippen LogP contribution < -0.4 is 5.56 Å². The molecule has 0 saturated heterocycles. The van der Waals surface area contributed by atoms with Crippen molar-refractivity contribution in [1.82, 2.24) is 15.0 Å². The molecule has 0 fully saturated rings. The number of hydrogen-bond acceptors (Lipinski definition) is 5. The van der Waals surface area contributed by atoms with E-state index in [9.17, 15) is 4.79 Å². The number of nitrogens with zero attached hydrogens (tertiary/aromatic N) is 2. The van der Waals surface area contributed by atoms with Crippen molar-refractivity contribution in [2.24, 2.45) is 0 Å². The third-order valence-corrected chi connectivity index (χ3v) is 3.53. The largest absolute Gasteiger partial charge is 0.445 e. The Morgan fingerprint density at radius 2 is 2.32 bits per heavy atom. The first kappa shape index (κ1) is 13.9. The van der Waals surface area contributed by atoms with Crippen LogP contribution in [0.2, 0.25) is 0 Å². The minimum atomic E-state index is -0.114. The van der Waals surface area contributed by atoms with Crippen LogP contribution in [0.1, 0.15) is 42.9 Å². The summed E-state index contributed by atoms with van der Waals surface area (Å²) in [7, 11) is 0. The van der Waals surface area contributed by atoms with Crippen LogP contribution in [0.5, 0.6) is 0 Å². The van der Waals surface area contributed by atoms with Gasteiger partial charge in [0.25, 0.3) is 5.56 Å². The number of aromatic amines is 1. The van der Waals surface area contributed by atoms with Gasteiger partial charge in [0, 0.05) is 11.8 Å². The minimum Gasteiger partial charge on any atom is -0.445 e. The van der Waals surface area contributed by atoms with Crippen LogP contribution in [-0.2, 0) is 6.42 Å². The molecule has 1 atom stereocenters. The van der Waals surface area contributed by atoms with Crippen LogP contribution in [-0.4, -0.2) is 15.0 Å². The molecular weight excluding hydrogens is 262 g/mol. The second-order valence-corrected chi connectivity index (χ2v) is 5.69. The minimum absolute atomic E-state index is 0.00808. The first-order valence-electron chi connectivity index (χ1n) is 6.27. The molecule has 0 bridgehead atoms. The van der Waals surface area contributed by atoms with E-state index in [1.54, 1.807) is 12.3 Å². The van der Waals surface area contributed by atoms with Gasteiger partial charge in [0.05, 0.1) is 11.4 Å². The summed E-state index contributed by atoms with van der Waals surface area (Å²) in [6, 6.07) is 1.55. The van der Waals surface area contributed by atoms with Crippen molar-refractivity contribution in [1.29, 1.82) is 0 Å². The zero-order valence-corrected chi connectivity index (χ0v) is 12.1. The lowest BCUT2D eigenvalue weighted by Crippen LogP contribution is -2.10. The fraction of sp³-hybridized carbons (Fsp3) is 0.462. The van der Waals surface area contributed by atoms with Crippen LogP contribution in [0.25, 0.3) is 0 Å². The highest BCUT2D eigenvalue weighted by molar-refractivity contribution is 7.99. The van der Waals surface area contributed by atoms with Crippen molar-refractivity contribution < 1.29 is 4.42 Å². The molecule has 0 saturated carbocycles. The van der Waals surface area contributed by atoms with Crippen molar-refractivity contribution in [3.05, 3.63) is 40.0 Å². The normalized spacial score (nSPS) is 12.6. The number of H-pyrrole nitrogens is 1. The van der Waals surface area contributed by atoms with Crippen molar-refractivity contribution in [2.45, 2.75) is 44.0 Å². The van der Waals surface area contributed by atoms with Gasteiger partial charge < -0.3 is 9.40 Å². The zero-order valence-electron chi connectivity index (χ0n) is 11.3. The van der Waals surface area contributed by atoms with Crippen LogP contribution in [0.3, 0.4) is 0 Å². The predicted molar refractivity (Wildman–Crippen MR) is 74.4 cm³/mol. The Balaban J connectivity index is 2.16. The molecule has 6 heteroatoms. The molecule has 5 nitrogen and oxygen atoms in total. The van der Waals surface area contributed by atoms with E-state index < -0.39 is 0 Å². The van der Waals surface area contributed by atoms with E-state index >= 15 is 0 Å². The quantitative estimate of drug-likeness (QED) is 0.673. The van der Waals surface area contributed by atoms with Gasteiger partial charge in [0.2, 0.25) is 5.89 Å². The molecule has 0 amide bonds. The summed E-state index contributed by atoms with van der Waals surface area (Å²) in [6.45, 7) is 5.90. The Labute approximate surface area is 115 Å². The summed E-state index contributed by atoms with van der Waals surface area (Å²) in [6.07, 6.45) is 3.47. The molecule has 0 radical (unpaired) electrons. The second-order valence-electron chi connectivity index (χ2n) is 4.36. The SMILES string of the molecule is CCCc1cc(=O)[nH]c(S[C@@H](C)c2ncc(C)o2)n1. The standard InChI is InChI=1S/C13H17N3O2S/c1-4-5-10-6-11(17)16-13(15-10)19-9(3)12-14-7-8(2)18-12/h6-7,9H,4-5H2,1-3H3,(H,15,16,17)/t9-/m0/s1. The molecule has 102 valence electrons. The van der Waals surface area contributed by atoms with Crippen LogP contribution in [0.4, 0.5) is 0 Å². The number of thioether (sulfide) groups is 1. The molecule has 2 aromatic rings. The van der Waals surface area contributed by atoms with E-state index in [0.29, 0.717) is 11.0 Å². The van der Waals surface area contributed by atoms with E-state index in [1.807, 2.05) is 13.8 Å². The summed E-state index contributed by atoms with van der Waals surface area (Å²) in [5.74, 6) is 1.43. The molecule has 19 heavy (non-hydrogen) atoms. The Bertz CT molecular complexity index is 606. The monoisotopic (exact) mass is 279 g/mol. The second kappa shape index (κ2) is 6.06. The number of oxazole rings is 1. The maximum absolute atomic E-state index is 11.6. The molecule has 0 aliphatic rings. The van der Waals surface area contributed by atoms with E-state index in [1.165, 1.54) is 11.8 Å². The molecule has 1 N–H and O–H groups in total. The van der Waals surface area contributed by atoms with E-state index in [2.05, 4.69) is 21.9 Å². The number of hydrogen-bond donors (Lipinski definition) is 1. The third-order valence-electron chi connectivity index (χ3n) is 2.55. The number of aromatic nitrogens is 3. The van der Waals surface area contributed by atoms with Gasteiger partial charge in [-0.25, -0.2) is 9.97 Å². The highest BCUT2D eigenvalue weighted by Crippen LogP contribution is 2.31. The van der Waals surface area contributed by atoms with Gasteiger partial charge in [-0.05, 0) is 20.3 Å². The summed E-state index contributed by atoms with van der Waals surface area (Å²) >= 11 is 1.44. The van der Waals surface area contributed by atoms with E-state index in [4.69, 9.17) is 4.42 Å². The van der Waals surface area contributed by atoms with Crippen LogP contribution in [0.15, 0.2) is 26.6 Å². The third kappa shape index (κ3) is 3.70. The Hall–Kier alpha value is -1.56. The maximum Gasteiger partial charge on any atom is 0.251 e. The molecule has 2 aromatic heterocycles. The zero-order chi connectivity index (χ0) is 13.8. The lowest BCUT2D eigenvalue weighted by Gasteiger charge is -2.07. The fourth-order valence-corrected chi connectivity index (χ4v) is 2.58. The Morgan fingerprint density at radius 3 is 2.95 bits per heavy atom. The highest BCUT2D eigenvalue weighted by Gasteiger charge is 2.14. The van der Waals surface area contributed by atoms with Gasteiger partial charge in [0.15, 0.2) is 5.16 Å². The van der Waals surface area contributed by atoms with Gasteiger partial charge in [-0.15, -0.1) is 0 Å². The topological polar surface area (TPSA) is 71.8 Å². The molecule has 0 aromatic carbocycles. The maximum atomic E-state index is 11.6. The highest BCUT2D eigenvalue weighted by atomic mass is 32.2. The summed E-state index contributed by atoms with van der Waals surface area (Å²) in [4.78, 5) is 22.9. The van der Waals surface area contributed by atoms with E-state index in [0.717, 1.165) is 24.3 Å². The Kier molecular flexibility index (Phi) is 4.42. The molecule has 0 unspecified atom stereocenters. The molecule has 2 heterocycles. The van der Waals surface area contributed by atoms with Crippen molar-refractivity contribution in [3.63, 3.8) is 0 Å². The number of rotatable bonds is 5. The van der Waals surface area contributed by atoms with Gasteiger partial charge in [-0.3, -0.25) is 4.79 Å². The van der Waals surface area contributed by atoms with E-state index in [-0.39, 0.29) is 10.8 Å². The van der Waals surface area contributed by atoms with Crippen molar-refractivity contribution >= 4 is 11.8 Å². The molecule has 0 aliphatic carbocycles. The van der Waals surface area contributed by atoms with Gasteiger partial charge in [0.1, 0.15) is 5.76 Å². The number of aryl methyl sites for hydroxylation is 2.